The lowest BCUT2D eigenvalue weighted by Crippen LogP contribution is -2.51. The number of hydrogen-bond donors (Lipinski definition) is 1. The van der Waals surface area contributed by atoms with Crippen LogP contribution in [-0.2, 0) is 26.2 Å². The van der Waals surface area contributed by atoms with Crippen molar-refractivity contribution >= 4 is 27.5 Å². The Morgan fingerprint density at radius 1 is 0.975 bits per heavy atom. The molecule has 0 unspecified atom stereocenters. The van der Waals surface area contributed by atoms with E-state index in [1.54, 1.807) is 50.4 Å². The number of rotatable bonds is 13. The van der Waals surface area contributed by atoms with Gasteiger partial charge in [-0.05, 0) is 68.7 Å². The number of benzene rings is 3. The first-order valence-corrected chi connectivity index (χ1v) is 14.9. The maximum atomic E-state index is 14.0. The number of anilines is 1. The van der Waals surface area contributed by atoms with Crippen molar-refractivity contribution in [1.82, 2.24) is 10.2 Å². The molecule has 0 fully saturated rings. The van der Waals surface area contributed by atoms with Gasteiger partial charge in [0, 0.05) is 13.1 Å². The van der Waals surface area contributed by atoms with E-state index in [0.717, 1.165) is 33.8 Å². The number of nitrogens with one attached hydrogen (secondary N) is 1. The van der Waals surface area contributed by atoms with Crippen molar-refractivity contribution in [2.24, 2.45) is 0 Å². The maximum Gasteiger partial charge on any atom is 0.264 e. The van der Waals surface area contributed by atoms with Gasteiger partial charge in [0.15, 0.2) is 0 Å². The van der Waals surface area contributed by atoms with Crippen LogP contribution in [0.1, 0.15) is 43.4 Å². The third kappa shape index (κ3) is 7.63. The van der Waals surface area contributed by atoms with Crippen molar-refractivity contribution in [3.8, 4) is 5.75 Å². The molecule has 9 heteroatoms. The first kappa shape index (κ1) is 30.7. The van der Waals surface area contributed by atoms with E-state index in [0.29, 0.717) is 18.0 Å². The molecule has 3 rings (SSSR count). The van der Waals surface area contributed by atoms with Gasteiger partial charge in [0.2, 0.25) is 11.8 Å². The summed E-state index contributed by atoms with van der Waals surface area (Å²) in [6.45, 7) is 7.59. The van der Waals surface area contributed by atoms with E-state index < -0.39 is 28.5 Å². The molecule has 0 radical (unpaired) electrons. The van der Waals surface area contributed by atoms with Crippen molar-refractivity contribution in [1.29, 1.82) is 0 Å². The number of sulfonamides is 1. The zero-order valence-corrected chi connectivity index (χ0v) is 24.7. The van der Waals surface area contributed by atoms with Gasteiger partial charge in [-0.1, -0.05) is 61.4 Å². The number of methoxy groups -OCH3 is 1. The van der Waals surface area contributed by atoms with Crippen molar-refractivity contribution in [2.75, 3.05) is 24.5 Å². The largest absolute Gasteiger partial charge is 0.497 e. The Kier molecular flexibility index (Phi) is 10.7. The Labute approximate surface area is 238 Å². The molecule has 2 amide bonds. The van der Waals surface area contributed by atoms with E-state index in [9.17, 15) is 18.0 Å². The molecule has 3 aromatic rings. The van der Waals surface area contributed by atoms with Gasteiger partial charge in [0.05, 0.1) is 17.7 Å². The Morgan fingerprint density at radius 2 is 1.65 bits per heavy atom. The Morgan fingerprint density at radius 3 is 2.25 bits per heavy atom. The molecule has 40 heavy (non-hydrogen) atoms. The fourth-order valence-corrected chi connectivity index (χ4v) is 5.86. The lowest BCUT2D eigenvalue weighted by atomic mass is 10.1. The molecular formula is C31H39N3O5S. The predicted octanol–water partition coefficient (Wildman–Crippen LogP) is 4.84. The maximum absolute atomic E-state index is 14.0. The molecule has 0 bridgehead atoms. The number of aryl methyl sites for hydroxylation is 2. The van der Waals surface area contributed by atoms with Crippen LogP contribution in [0.3, 0.4) is 0 Å². The Balaban J connectivity index is 2.01. The molecule has 0 saturated heterocycles. The number of nitrogens with zero attached hydrogens (tertiary/aromatic N) is 2. The highest BCUT2D eigenvalue weighted by atomic mass is 32.2. The summed E-state index contributed by atoms with van der Waals surface area (Å²) in [4.78, 5) is 28.6. The number of carbonyl (C=O) groups excluding carboxylic acids is 2. The minimum absolute atomic E-state index is 0.0786. The third-order valence-corrected chi connectivity index (χ3v) is 8.51. The fraction of sp³-hybridized carbons (Fsp3) is 0.355. The number of unbranched alkanes of at least 4 members (excludes halogenated alkanes) is 1. The molecule has 0 aliphatic carbocycles. The second kappa shape index (κ2) is 14.0. The topological polar surface area (TPSA) is 96.0 Å². The molecule has 0 heterocycles. The van der Waals surface area contributed by atoms with Crippen molar-refractivity contribution in [3.05, 3.63) is 89.5 Å². The standard InChI is InChI=1S/C31H39N3O5S/c1-6-7-19-32-31(36)25(4)33(21-26-14-16-27(39-5)17-15-26)30(35)22-34(29-18-13-23(2)20-24(29)3)40(37,38)28-11-9-8-10-12-28/h8-18,20,25H,6-7,19,21-22H2,1-5H3,(H,32,36)/t25-/m1/s1. The molecule has 8 nitrogen and oxygen atoms in total. The molecule has 0 spiro atoms. The summed E-state index contributed by atoms with van der Waals surface area (Å²) in [5.74, 6) is -0.116. The predicted molar refractivity (Wildman–Crippen MR) is 158 cm³/mol. The zero-order valence-electron chi connectivity index (χ0n) is 23.9. The van der Waals surface area contributed by atoms with Crippen molar-refractivity contribution in [3.63, 3.8) is 0 Å². The van der Waals surface area contributed by atoms with Crippen LogP contribution in [0, 0.1) is 13.8 Å². The van der Waals surface area contributed by atoms with E-state index in [-0.39, 0.29) is 17.3 Å². The van der Waals surface area contributed by atoms with Gasteiger partial charge >= 0.3 is 0 Å². The van der Waals surface area contributed by atoms with E-state index in [1.807, 2.05) is 45.0 Å². The number of amides is 2. The highest BCUT2D eigenvalue weighted by Gasteiger charge is 2.33. The number of carbonyl (C=O) groups is 2. The van der Waals surface area contributed by atoms with Crippen molar-refractivity contribution in [2.45, 2.75) is 58.0 Å². The van der Waals surface area contributed by atoms with Gasteiger partial charge in [-0.15, -0.1) is 0 Å². The minimum atomic E-state index is -4.09. The first-order chi connectivity index (χ1) is 19.1. The summed E-state index contributed by atoms with van der Waals surface area (Å²) in [6.07, 6.45) is 1.74. The monoisotopic (exact) mass is 565 g/mol. The van der Waals surface area contributed by atoms with Crippen LogP contribution < -0.4 is 14.4 Å². The van der Waals surface area contributed by atoms with Gasteiger partial charge < -0.3 is 15.0 Å². The molecule has 214 valence electrons. The van der Waals surface area contributed by atoms with E-state index in [1.165, 1.54) is 17.0 Å². The quantitative estimate of drug-likeness (QED) is 0.299. The number of hydrogen-bond acceptors (Lipinski definition) is 5. The van der Waals surface area contributed by atoms with Gasteiger partial charge in [-0.3, -0.25) is 13.9 Å². The Hall–Kier alpha value is -3.85. The number of ether oxygens (including phenoxy) is 1. The molecule has 1 N–H and O–H groups in total. The summed E-state index contributed by atoms with van der Waals surface area (Å²) < 4.78 is 34.2. The lowest BCUT2D eigenvalue weighted by molar-refractivity contribution is -0.139. The lowest BCUT2D eigenvalue weighted by Gasteiger charge is -2.32. The average molecular weight is 566 g/mol. The van der Waals surface area contributed by atoms with Gasteiger partial charge in [0.25, 0.3) is 10.0 Å². The molecule has 0 aliphatic rings. The summed E-state index contributed by atoms with van der Waals surface area (Å²) in [6, 6.07) is 19.8. The van der Waals surface area contributed by atoms with Crippen LogP contribution >= 0.6 is 0 Å². The minimum Gasteiger partial charge on any atom is -0.497 e. The summed E-state index contributed by atoms with van der Waals surface area (Å²) in [5, 5.41) is 2.89. The molecule has 3 aromatic carbocycles. The molecule has 0 saturated carbocycles. The van der Waals surface area contributed by atoms with E-state index in [4.69, 9.17) is 4.74 Å². The molecule has 1 atom stereocenters. The van der Waals surface area contributed by atoms with E-state index in [2.05, 4.69) is 5.32 Å². The van der Waals surface area contributed by atoms with Gasteiger partial charge in [-0.25, -0.2) is 8.42 Å². The van der Waals surface area contributed by atoms with Crippen LogP contribution in [0.4, 0.5) is 5.69 Å². The van der Waals surface area contributed by atoms with E-state index >= 15 is 0 Å². The highest BCUT2D eigenvalue weighted by Crippen LogP contribution is 2.28. The third-order valence-electron chi connectivity index (χ3n) is 6.74. The SMILES string of the molecule is CCCCNC(=O)[C@@H](C)N(Cc1ccc(OC)cc1)C(=O)CN(c1ccc(C)cc1C)S(=O)(=O)c1ccccc1. The average Bonchev–Trinajstić information content (AvgIpc) is 2.95. The highest BCUT2D eigenvalue weighted by molar-refractivity contribution is 7.92. The van der Waals surface area contributed by atoms with Crippen LogP contribution in [0.5, 0.6) is 5.75 Å². The first-order valence-electron chi connectivity index (χ1n) is 13.4. The summed E-state index contributed by atoms with van der Waals surface area (Å²) in [7, 11) is -2.52. The van der Waals surface area contributed by atoms with Crippen LogP contribution in [0.25, 0.3) is 0 Å². The van der Waals surface area contributed by atoms with Gasteiger partial charge in [-0.2, -0.15) is 0 Å². The van der Waals surface area contributed by atoms with Crippen LogP contribution in [-0.4, -0.2) is 51.4 Å². The van der Waals surface area contributed by atoms with Crippen molar-refractivity contribution < 1.29 is 22.7 Å². The van der Waals surface area contributed by atoms with Crippen LogP contribution in [0.2, 0.25) is 0 Å². The molecular weight excluding hydrogens is 526 g/mol. The van der Waals surface area contributed by atoms with Gasteiger partial charge in [0.1, 0.15) is 18.3 Å². The smallest absolute Gasteiger partial charge is 0.264 e. The normalized spacial score (nSPS) is 11.9. The second-order valence-corrected chi connectivity index (χ2v) is 11.7. The molecule has 0 aromatic heterocycles. The zero-order chi connectivity index (χ0) is 29.3. The van der Waals surface area contributed by atoms with Crippen LogP contribution in [0.15, 0.2) is 77.7 Å². The Bertz CT molecular complexity index is 1390. The summed E-state index contributed by atoms with van der Waals surface area (Å²) >= 11 is 0. The molecule has 0 aliphatic heterocycles. The summed E-state index contributed by atoms with van der Waals surface area (Å²) in [5.41, 5.74) is 2.89. The fourth-order valence-electron chi connectivity index (χ4n) is 4.36. The second-order valence-electron chi connectivity index (χ2n) is 9.80.